The molecule has 2 aliphatic rings. The number of nitrogens with zero attached hydrogens (tertiary/aromatic N) is 2. The summed E-state index contributed by atoms with van der Waals surface area (Å²) >= 11 is 0. The van der Waals surface area contributed by atoms with E-state index in [2.05, 4.69) is 39.4 Å². The molecule has 6 nitrogen and oxygen atoms in total. The zero-order chi connectivity index (χ0) is 20.8. The highest BCUT2D eigenvalue weighted by Crippen LogP contribution is 2.28. The molecule has 0 radical (unpaired) electrons. The van der Waals surface area contributed by atoms with Crippen molar-refractivity contribution in [3.8, 4) is 5.75 Å². The van der Waals surface area contributed by atoms with Crippen LogP contribution >= 0.6 is 0 Å². The number of carbonyl (C=O) groups is 1. The highest BCUT2D eigenvalue weighted by molar-refractivity contribution is 5.94. The maximum atomic E-state index is 12.3. The van der Waals surface area contributed by atoms with Crippen LogP contribution < -0.4 is 15.0 Å². The standard InChI is InChI=1S/C24H31N3O3/c1-29-23-7-3-2-6-22(23)27-14-12-26(13-15-27)18-19-8-10-20(11-9-19)24(28)25-17-21-5-4-16-30-21/h2-3,6-11,21H,4-5,12-18H2,1H3,(H,25,28)/t21-/m1/s1. The zero-order valence-corrected chi connectivity index (χ0v) is 17.7. The molecule has 2 saturated heterocycles. The average Bonchev–Trinajstić information content (AvgIpc) is 3.32. The molecule has 0 aliphatic carbocycles. The number of nitrogens with one attached hydrogen (secondary N) is 1. The predicted molar refractivity (Wildman–Crippen MR) is 118 cm³/mol. The summed E-state index contributed by atoms with van der Waals surface area (Å²) in [6.07, 6.45) is 2.29. The second-order valence-corrected chi connectivity index (χ2v) is 7.98. The van der Waals surface area contributed by atoms with E-state index in [0.717, 1.165) is 63.6 Å². The summed E-state index contributed by atoms with van der Waals surface area (Å²) in [7, 11) is 1.72. The van der Waals surface area contributed by atoms with Gasteiger partial charge in [-0.3, -0.25) is 9.69 Å². The van der Waals surface area contributed by atoms with Gasteiger partial charge in [0.1, 0.15) is 5.75 Å². The van der Waals surface area contributed by atoms with Gasteiger partial charge < -0.3 is 19.7 Å². The van der Waals surface area contributed by atoms with Crippen LogP contribution in [0.2, 0.25) is 0 Å². The molecule has 2 fully saturated rings. The number of anilines is 1. The molecule has 0 bridgehead atoms. The summed E-state index contributed by atoms with van der Waals surface area (Å²) in [5.74, 6) is 0.904. The summed E-state index contributed by atoms with van der Waals surface area (Å²) in [6.45, 7) is 6.26. The quantitative estimate of drug-likeness (QED) is 0.762. The van der Waals surface area contributed by atoms with Crippen molar-refractivity contribution in [2.45, 2.75) is 25.5 Å². The first-order valence-electron chi connectivity index (χ1n) is 10.8. The molecule has 4 rings (SSSR count). The zero-order valence-electron chi connectivity index (χ0n) is 17.7. The summed E-state index contributed by atoms with van der Waals surface area (Å²) in [6, 6.07) is 16.2. The van der Waals surface area contributed by atoms with Crippen LogP contribution in [0, 0.1) is 0 Å². The molecule has 2 aliphatic heterocycles. The molecular formula is C24H31N3O3. The second-order valence-electron chi connectivity index (χ2n) is 7.98. The Morgan fingerprint density at radius 1 is 1.10 bits per heavy atom. The van der Waals surface area contributed by atoms with E-state index in [1.165, 1.54) is 5.56 Å². The third kappa shape index (κ3) is 5.12. The SMILES string of the molecule is COc1ccccc1N1CCN(Cc2ccc(C(=O)NC[C@H]3CCCO3)cc2)CC1. The highest BCUT2D eigenvalue weighted by Gasteiger charge is 2.20. The lowest BCUT2D eigenvalue weighted by molar-refractivity contribution is 0.0858. The molecule has 2 aromatic rings. The maximum Gasteiger partial charge on any atom is 0.251 e. The van der Waals surface area contributed by atoms with E-state index in [4.69, 9.17) is 9.47 Å². The summed E-state index contributed by atoms with van der Waals surface area (Å²) in [4.78, 5) is 17.2. The molecule has 1 amide bonds. The Labute approximate surface area is 178 Å². The van der Waals surface area contributed by atoms with Gasteiger partial charge >= 0.3 is 0 Å². The fourth-order valence-electron chi connectivity index (χ4n) is 4.17. The lowest BCUT2D eigenvalue weighted by Crippen LogP contribution is -2.46. The molecular weight excluding hydrogens is 378 g/mol. The Morgan fingerprint density at radius 2 is 1.87 bits per heavy atom. The number of para-hydroxylation sites is 2. The van der Waals surface area contributed by atoms with Crippen molar-refractivity contribution < 1.29 is 14.3 Å². The first-order chi connectivity index (χ1) is 14.7. The van der Waals surface area contributed by atoms with E-state index in [1.807, 2.05) is 24.3 Å². The number of hydrogen-bond acceptors (Lipinski definition) is 5. The van der Waals surface area contributed by atoms with Gasteiger partial charge in [0.15, 0.2) is 0 Å². The number of amides is 1. The van der Waals surface area contributed by atoms with Crippen LogP contribution in [0.1, 0.15) is 28.8 Å². The molecule has 1 atom stereocenters. The van der Waals surface area contributed by atoms with Gasteiger partial charge in [-0.15, -0.1) is 0 Å². The van der Waals surface area contributed by atoms with E-state index in [0.29, 0.717) is 12.1 Å². The molecule has 0 unspecified atom stereocenters. The van der Waals surface area contributed by atoms with Crippen LogP contribution in [0.25, 0.3) is 0 Å². The van der Waals surface area contributed by atoms with E-state index in [1.54, 1.807) is 7.11 Å². The molecule has 0 spiro atoms. The Hall–Kier alpha value is -2.57. The second kappa shape index (κ2) is 9.96. The first kappa shape index (κ1) is 20.7. The average molecular weight is 410 g/mol. The number of ether oxygens (including phenoxy) is 2. The summed E-state index contributed by atoms with van der Waals surface area (Å²) in [5.41, 5.74) is 3.10. The van der Waals surface area contributed by atoms with E-state index in [9.17, 15) is 4.79 Å². The largest absolute Gasteiger partial charge is 0.495 e. The third-order valence-corrected chi connectivity index (χ3v) is 5.93. The highest BCUT2D eigenvalue weighted by atomic mass is 16.5. The Morgan fingerprint density at radius 3 is 2.57 bits per heavy atom. The number of piperazine rings is 1. The van der Waals surface area contributed by atoms with Crippen LogP contribution in [0.3, 0.4) is 0 Å². The smallest absolute Gasteiger partial charge is 0.251 e. The van der Waals surface area contributed by atoms with Crippen LogP contribution in [0.5, 0.6) is 5.75 Å². The third-order valence-electron chi connectivity index (χ3n) is 5.93. The van der Waals surface area contributed by atoms with Crippen LogP contribution in [0.15, 0.2) is 48.5 Å². The number of benzene rings is 2. The van der Waals surface area contributed by atoms with Gasteiger partial charge in [-0.25, -0.2) is 0 Å². The topological polar surface area (TPSA) is 54.0 Å². The van der Waals surface area contributed by atoms with Crippen LogP contribution in [-0.4, -0.2) is 63.4 Å². The molecule has 1 N–H and O–H groups in total. The molecule has 30 heavy (non-hydrogen) atoms. The van der Waals surface area contributed by atoms with Gasteiger partial charge in [0.25, 0.3) is 5.91 Å². The summed E-state index contributed by atoms with van der Waals surface area (Å²) < 4.78 is 11.1. The molecule has 6 heteroatoms. The normalized spacial score (nSPS) is 19.6. The monoisotopic (exact) mass is 409 g/mol. The Bertz CT molecular complexity index is 826. The van der Waals surface area contributed by atoms with Gasteiger partial charge in [-0.1, -0.05) is 24.3 Å². The van der Waals surface area contributed by atoms with Crippen LogP contribution in [-0.2, 0) is 11.3 Å². The molecule has 0 saturated carbocycles. The van der Waals surface area contributed by atoms with E-state index < -0.39 is 0 Å². The van der Waals surface area contributed by atoms with Gasteiger partial charge in [-0.05, 0) is 42.7 Å². The van der Waals surface area contributed by atoms with Crippen molar-refractivity contribution in [1.29, 1.82) is 0 Å². The summed E-state index contributed by atoms with van der Waals surface area (Å²) in [5, 5.41) is 2.98. The number of rotatable bonds is 7. The van der Waals surface area contributed by atoms with Gasteiger partial charge in [-0.2, -0.15) is 0 Å². The first-order valence-corrected chi connectivity index (χ1v) is 10.8. The number of carbonyl (C=O) groups excluding carboxylic acids is 1. The minimum Gasteiger partial charge on any atom is -0.495 e. The molecule has 160 valence electrons. The molecule has 0 aromatic heterocycles. The van der Waals surface area contributed by atoms with Crippen molar-refractivity contribution in [3.63, 3.8) is 0 Å². The number of methoxy groups -OCH3 is 1. The minimum atomic E-state index is -0.0255. The van der Waals surface area contributed by atoms with Crippen molar-refractivity contribution in [1.82, 2.24) is 10.2 Å². The van der Waals surface area contributed by atoms with E-state index in [-0.39, 0.29) is 12.0 Å². The predicted octanol–water partition coefficient (Wildman–Crippen LogP) is 2.93. The Balaban J connectivity index is 1.25. The molecule has 2 heterocycles. The van der Waals surface area contributed by atoms with Gasteiger partial charge in [0.2, 0.25) is 0 Å². The van der Waals surface area contributed by atoms with Crippen molar-refractivity contribution >= 4 is 11.6 Å². The Kier molecular flexibility index (Phi) is 6.87. The fourth-order valence-corrected chi connectivity index (χ4v) is 4.17. The fraction of sp³-hybridized carbons (Fsp3) is 0.458. The van der Waals surface area contributed by atoms with Crippen molar-refractivity contribution in [2.75, 3.05) is 51.3 Å². The lowest BCUT2D eigenvalue weighted by Gasteiger charge is -2.36. The number of hydrogen-bond donors (Lipinski definition) is 1. The minimum absolute atomic E-state index is 0.0255. The van der Waals surface area contributed by atoms with Gasteiger partial charge in [0.05, 0.1) is 18.9 Å². The lowest BCUT2D eigenvalue weighted by atomic mass is 10.1. The maximum absolute atomic E-state index is 12.3. The van der Waals surface area contributed by atoms with Crippen molar-refractivity contribution in [3.05, 3.63) is 59.7 Å². The molecule has 2 aromatic carbocycles. The van der Waals surface area contributed by atoms with Crippen LogP contribution in [0.4, 0.5) is 5.69 Å². The van der Waals surface area contributed by atoms with Gasteiger partial charge in [0, 0.05) is 51.4 Å². The van der Waals surface area contributed by atoms with E-state index >= 15 is 0 Å². The van der Waals surface area contributed by atoms with Crippen molar-refractivity contribution in [2.24, 2.45) is 0 Å².